The number of carbonyl (C=O) groups excluding carboxylic acids is 2. The molecule has 1 N–H and O–H groups in total. The van der Waals surface area contributed by atoms with E-state index in [9.17, 15) is 9.59 Å². The normalized spacial score (nSPS) is 12.5. The molecule has 3 heteroatoms. The number of benzene rings is 3. The Hall–Kier alpha value is -3.20. The fraction of sp³-hybridized carbons (Fsp3) is 0.167. The van der Waals surface area contributed by atoms with Crippen LogP contribution < -0.4 is 5.32 Å². The third-order valence-corrected chi connectivity index (χ3v) is 5.03. The Morgan fingerprint density at radius 1 is 0.741 bits per heavy atom. The second-order valence-electron chi connectivity index (χ2n) is 6.81. The van der Waals surface area contributed by atoms with Gasteiger partial charge >= 0.3 is 0 Å². The van der Waals surface area contributed by atoms with E-state index < -0.39 is 0 Å². The van der Waals surface area contributed by atoms with E-state index in [4.69, 9.17) is 0 Å². The van der Waals surface area contributed by atoms with Crippen LogP contribution in [0.1, 0.15) is 57.2 Å². The van der Waals surface area contributed by atoms with Gasteiger partial charge in [0, 0.05) is 33.6 Å². The third-order valence-electron chi connectivity index (χ3n) is 5.03. The highest BCUT2D eigenvalue weighted by Crippen LogP contribution is 2.35. The second kappa shape index (κ2) is 7.20. The molecule has 0 atom stereocenters. The summed E-state index contributed by atoms with van der Waals surface area (Å²) >= 11 is 0. The lowest BCUT2D eigenvalue weighted by atomic mass is 9.80. The molecule has 1 aliphatic carbocycles. The molecule has 0 fully saturated rings. The average molecular weight is 355 g/mol. The molecule has 0 bridgehead atoms. The van der Waals surface area contributed by atoms with E-state index in [1.54, 1.807) is 24.3 Å². The first kappa shape index (κ1) is 17.2. The molecular weight excluding hydrogens is 334 g/mol. The van der Waals surface area contributed by atoms with Crippen molar-refractivity contribution in [1.29, 1.82) is 0 Å². The van der Waals surface area contributed by atoms with E-state index in [1.165, 1.54) is 0 Å². The summed E-state index contributed by atoms with van der Waals surface area (Å²) in [4.78, 5) is 26.2. The summed E-state index contributed by atoms with van der Waals surface area (Å²) in [6, 6.07) is 20.7. The number of hydrogen-bond donors (Lipinski definition) is 1. The molecule has 3 aromatic carbocycles. The number of anilines is 2. The molecule has 1 aliphatic rings. The van der Waals surface area contributed by atoms with Crippen molar-refractivity contribution >= 4 is 22.9 Å². The lowest BCUT2D eigenvalue weighted by Crippen LogP contribution is -2.23. The Labute approximate surface area is 159 Å². The number of nitrogens with one attached hydrogen (secondary N) is 1. The first-order chi connectivity index (χ1) is 13.2. The molecule has 4 rings (SSSR count). The Morgan fingerprint density at radius 2 is 1.41 bits per heavy atom. The Kier molecular flexibility index (Phi) is 4.59. The highest BCUT2D eigenvalue weighted by Gasteiger charge is 2.32. The average Bonchev–Trinajstić information content (AvgIpc) is 2.71. The summed E-state index contributed by atoms with van der Waals surface area (Å²) in [7, 11) is 0. The van der Waals surface area contributed by atoms with Crippen molar-refractivity contribution in [2.24, 2.45) is 0 Å². The SMILES string of the molecule is CCCCc1c(Nc2ccccc2)ccc2c1C(=O)c1ccccc1C2=O. The Bertz CT molecular complexity index is 1020. The molecule has 0 radical (unpaired) electrons. The molecule has 0 saturated heterocycles. The predicted octanol–water partition coefficient (Wildman–Crippen LogP) is 5.55. The number of para-hydroxylation sites is 1. The van der Waals surface area contributed by atoms with Gasteiger partial charge in [0.2, 0.25) is 0 Å². The topological polar surface area (TPSA) is 46.2 Å². The van der Waals surface area contributed by atoms with Gasteiger partial charge in [0.1, 0.15) is 0 Å². The molecule has 3 aromatic rings. The van der Waals surface area contributed by atoms with Crippen LogP contribution in [-0.4, -0.2) is 11.6 Å². The molecule has 0 aromatic heterocycles. The fourth-order valence-corrected chi connectivity index (χ4v) is 3.66. The maximum atomic E-state index is 13.3. The van der Waals surface area contributed by atoms with Crippen LogP contribution in [0.4, 0.5) is 11.4 Å². The van der Waals surface area contributed by atoms with Crippen molar-refractivity contribution in [3.8, 4) is 0 Å². The van der Waals surface area contributed by atoms with Gasteiger partial charge < -0.3 is 5.32 Å². The van der Waals surface area contributed by atoms with Gasteiger partial charge in [-0.15, -0.1) is 0 Å². The number of hydrogen-bond acceptors (Lipinski definition) is 3. The highest BCUT2D eigenvalue weighted by molar-refractivity contribution is 6.29. The van der Waals surface area contributed by atoms with E-state index >= 15 is 0 Å². The zero-order valence-corrected chi connectivity index (χ0v) is 15.3. The molecule has 0 unspecified atom stereocenters. The zero-order chi connectivity index (χ0) is 18.8. The monoisotopic (exact) mass is 355 g/mol. The molecule has 0 aliphatic heterocycles. The zero-order valence-electron chi connectivity index (χ0n) is 15.3. The van der Waals surface area contributed by atoms with Crippen LogP contribution >= 0.6 is 0 Å². The van der Waals surface area contributed by atoms with Crippen molar-refractivity contribution in [2.75, 3.05) is 5.32 Å². The van der Waals surface area contributed by atoms with Gasteiger partial charge in [0.25, 0.3) is 0 Å². The smallest absolute Gasteiger partial charge is 0.194 e. The fourth-order valence-electron chi connectivity index (χ4n) is 3.66. The van der Waals surface area contributed by atoms with E-state index in [0.717, 1.165) is 36.2 Å². The molecule has 3 nitrogen and oxygen atoms in total. The quantitative estimate of drug-likeness (QED) is 0.511. The lowest BCUT2D eigenvalue weighted by molar-refractivity contribution is 0.0978. The largest absolute Gasteiger partial charge is 0.355 e. The Morgan fingerprint density at radius 3 is 2.11 bits per heavy atom. The molecule has 0 amide bonds. The standard InChI is InChI=1S/C24H21NO2/c1-2-3-11-19-21(25-16-9-5-4-6-10-16)15-14-20-22(19)24(27)18-13-8-7-12-17(18)23(20)26/h4-10,12-15,25H,2-3,11H2,1H3. The molecule has 0 saturated carbocycles. The maximum absolute atomic E-state index is 13.3. The number of fused-ring (bicyclic) bond motifs is 2. The predicted molar refractivity (Wildman–Crippen MR) is 108 cm³/mol. The second-order valence-corrected chi connectivity index (χ2v) is 6.81. The van der Waals surface area contributed by atoms with Crippen molar-refractivity contribution in [2.45, 2.75) is 26.2 Å². The van der Waals surface area contributed by atoms with Crippen LogP contribution in [0.2, 0.25) is 0 Å². The number of unbranched alkanes of at least 4 members (excludes halogenated alkanes) is 1. The van der Waals surface area contributed by atoms with Gasteiger partial charge in [-0.1, -0.05) is 55.8 Å². The first-order valence-electron chi connectivity index (χ1n) is 9.37. The van der Waals surface area contributed by atoms with Gasteiger partial charge in [-0.3, -0.25) is 9.59 Å². The highest BCUT2D eigenvalue weighted by atomic mass is 16.1. The number of ketones is 2. The van der Waals surface area contributed by atoms with E-state index in [0.29, 0.717) is 22.3 Å². The summed E-state index contributed by atoms with van der Waals surface area (Å²) in [6.45, 7) is 2.13. The van der Waals surface area contributed by atoms with Crippen LogP contribution in [0.15, 0.2) is 66.7 Å². The molecule has 0 heterocycles. The summed E-state index contributed by atoms with van der Waals surface area (Å²) < 4.78 is 0. The van der Waals surface area contributed by atoms with Crippen molar-refractivity contribution in [3.05, 3.63) is 94.5 Å². The lowest BCUT2D eigenvalue weighted by Gasteiger charge is -2.23. The number of carbonyl (C=O) groups is 2. The minimum atomic E-state index is -0.0655. The van der Waals surface area contributed by atoms with Gasteiger partial charge in [-0.2, -0.15) is 0 Å². The van der Waals surface area contributed by atoms with Crippen LogP contribution in [0.25, 0.3) is 0 Å². The minimum Gasteiger partial charge on any atom is -0.355 e. The summed E-state index contributed by atoms with van der Waals surface area (Å²) in [5.41, 5.74) is 4.88. The maximum Gasteiger partial charge on any atom is 0.194 e. The van der Waals surface area contributed by atoms with Gasteiger partial charge in [0.05, 0.1) is 0 Å². The summed E-state index contributed by atoms with van der Waals surface area (Å²) in [6.07, 6.45) is 2.74. The van der Waals surface area contributed by atoms with E-state index in [2.05, 4.69) is 12.2 Å². The van der Waals surface area contributed by atoms with Crippen LogP contribution in [0.3, 0.4) is 0 Å². The molecule has 134 valence electrons. The Balaban J connectivity index is 1.86. The van der Waals surface area contributed by atoms with Gasteiger partial charge in [-0.25, -0.2) is 0 Å². The van der Waals surface area contributed by atoms with Crippen LogP contribution in [0, 0.1) is 0 Å². The van der Waals surface area contributed by atoms with Crippen molar-refractivity contribution in [3.63, 3.8) is 0 Å². The summed E-state index contributed by atoms with van der Waals surface area (Å²) in [5.74, 6) is -0.118. The third kappa shape index (κ3) is 3.06. The van der Waals surface area contributed by atoms with Crippen molar-refractivity contribution in [1.82, 2.24) is 0 Å². The molecular formula is C24H21NO2. The first-order valence-corrected chi connectivity index (χ1v) is 9.37. The van der Waals surface area contributed by atoms with Crippen LogP contribution in [-0.2, 0) is 6.42 Å². The minimum absolute atomic E-state index is 0.0528. The number of rotatable bonds is 5. The summed E-state index contributed by atoms with van der Waals surface area (Å²) in [5, 5.41) is 3.43. The van der Waals surface area contributed by atoms with E-state index in [1.807, 2.05) is 42.5 Å². The molecule has 0 spiro atoms. The van der Waals surface area contributed by atoms with Gasteiger partial charge in [-0.05, 0) is 42.7 Å². The van der Waals surface area contributed by atoms with E-state index in [-0.39, 0.29) is 11.6 Å². The molecule has 27 heavy (non-hydrogen) atoms. The van der Waals surface area contributed by atoms with Crippen molar-refractivity contribution < 1.29 is 9.59 Å². The van der Waals surface area contributed by atoms with Gasteiger partial charge in [0.15, 0.2) is 11.6 Å². The van der Waals surface area contributed by atoms with Crippen LogP contribution in [0.5, 0.6) is 0 Å².